The van der Waals surface area contributed by atoms with Gasteiger partial charge in [-0.1, -0.05) is 0 Å². The Labute approximate surface area is 144 Å². The summed E-state index contributed by atoms with van der Waals surface area (Å²) in [4.78, 5) is 40.5. The monoisotopic (exact) mass is 350 g/mol. The lowest BCUT2D eigenvalue weighted by Crippen LogP contribution is -3.19. The van der Waals surface area contributed by atoms with E-state index in [1.807, 2.05) is 0 Å². The molecule has 0 aromatic heterocycles. The van der Waals surface area contributed by atoms with Gasteiger partial charge in [-0.15, -0.1) is 0 Å². The first-order chi connectivity index (χ1) is 12.0. The van der Waals surface area contributed by atoms with Gasteiger partial charge in [0.15, 0.2) is 6.04 Å². The number of nitrogens with zero attached hydrogens (tertiary/aromatic N) is 2. The maximum absolute atomic E-state index is 13.1. The highest BCUT2D eigenvalue weighted by Gasteiger charge is 2.46. The number of hydrogen-bond acceptors (Lipinski definition) is 4. The quantitative estimate of drug-likeness (QED) is 0.768. The number of carbonyl (C=O) groups excluding carboxylic acids is 3. The molecule has 0 aliphatic carbocycles. The van der Waals surface area contributed by atoms with Crippen LogP contribution in [0.1, 0.15) is 13.3 Å². The minimum Gasteiger partial charge on any atom is -0.450 e. The third-order valence-corrected chi connectivity index (χ3v) is 4.66. The number of benzene rings is 1. The van der Waals surface area contributed by atoms with Crippen LogP contribution in [0.25, 0.3) is 0 Å². The second-order valence-electron chi connectivity index (χ2n) is 6.14. The molecule has 1 N–H and O–H groups in total. The summed E-state index contributed by atoms with van der Waals surface area (Å²) in [6.07, 6.45) is -0.214. The Morgan fingerprint density at radius 3 is 2.48 bits per heavy atom. The molecule has 2 aliphatic rings. The first kappa shape index (κ1) is 17.3. The Balaban J connectivity index is 1.65. The molecule has 2 fully saturated rings. The highest BCUT2D eigenvalue weighted by Crippen LogP contribution is 2.22. The van der Waals surface area contributed by atoms with E-state index in [9.17, 15) is 18.8 Å². The molecule has 3 amide bonds. The number of carbonyl (C=O) groups is 3. The van der Waals surface area contributed by atoms with Crippen LogP contribution in [0.2, 0.25) is 0 Å². The number of anilines is 1. The van der Waals surface area contributed by atoms with Crippen molar-refractivity contribution >= 4 is 23.6 Å². The predicted molar refractivity (Wildman–Crippen MR) is 86.6 cm³/mol. The van der Waals surface area contributed by atoms with Gasteiger partial charge in [0.05, 0.1) is 44.9 Å². The Morgan fingerprint density at radius 2 is 1.88 bits per heavy atom. The van der Waals surface area contributed by atoms with Crippen LogP contribution in [0.15, 0.2) is 24.3 Å². The van der Waals surface area contributed by atoms with Crippen molar-refractivity contribution < 1.29 is 28.4 Å². The lowest BCUT2D eigenvalue weighted by atomic mass is 10.2. The summed E-state index contributed by atoms with van der Waals surface area (Å²) >= 11 is 0. The zero-order valence-corrected chi connectivity index (χ0v) is 14.0. The van der Waals surface area contributed by atoms with Gasteiger partial charge < -0.3 is 9.64 Å². The van der Waals surface area contributed by atoms with Crippen LogP contribution in [0.3, 0.4) is 0 Å². The number of nitrogens with one attached hydrogen (secondary N) is 1. The van der Waals surface area contributed by atoms with Gasteiger partial charge in [0.25, 0.3) is 5.91 Å². The van der Waals surface area contributed by atoms with Gasteiger partial charge >= 0.3 is 6.09 Å². The summed E-state index contributed by atoms with van der Waals surface area (Å²) < 4.78 is 18.0. The lowest BCUT2D eigenvalue weighted by Gasteiger charge is -2.33. The molecule has 2 saturated heterocycles. The molecule has 1 aromatic rings. The average molecular weight is 350 g/mol. The summed E-state index contributed by atoms with van der Waals surface area (Å²) in [5, 5.41) is 0. The standard InChI is InChI=1S/C17H20FN3O4/c1-2-25-17(24)20-9-7-19(8-10-20)14-11-15(22)21(16(14)23)13-5-3-12(18)4-6-13/h3-6,14H,2,7-11H2,1H3/p+1. The highest BCUT2D eigenvalue weighted by atomic mass is 19.1. The molecule has 2 aliphatic heterocycles. The molecule has 0 saturated carbocycles. The second kappa shape index (κ2) is 7.18. The molecule has 25 heavy (non-hydrogen) atoms. The van der Waals surface area contributed by atoms with Gasteiger partial charge in [0, 0.05) is 0 Å². The summed E-state index contributed by atoms with van der Waals surface area (Å²) in [7, 11) is 0. The average Bonchev–Trinajstić information content (AvgIpc) is 2.91. The molecule has 1 unspecified atom stereocenters. The van der Waals surface area contributed by atoms with E-state index in [1.54, 1.807) is 11.8 Å². The van der Waals surface area contributed by atoms with Crippen molar-refractivity contribution in [3.05, 3.63) is 30.1 Å². The van der Waals surface area contributed by atoms with E-state index in [0.29, 0.717) is 38.5 Å². The van der Waals surface area contributed by atoms with E-state index in [0.717, 1.165) is 9.80 Å². The number of amides is 3. The zero-order valence-electron chi connectivity index (χ0n) is 14.0. The normalized spacial score (nSPS) is 21.8. The van der Waals surface area contributed by atoms with E-state index >= 15 is 0 Å². The number of rotatable bonds is 3. The highest BCUT2D eigenvalue weighted by molar-refractivity contribution is 6.21. The van der Waals surface area contributed by atoms with Crippen molar-refractivity contribution in [1.29, 1.82) is 0 Å². The lowest BCUT2D eigenvalue weighted by molar-refractivity contribution is -0.918. The van der Waals surface area contributed by atoms with Gasteiger partial charge in [-0.2, -0.15) is 0 Å². The van der Waals surface area contributed by atoms with Crippen LogP contribution in [0, 0.1) is 5.82 Å². The van der Waals surface area contributed by atoms with E-state index in [2.05, 4.69) is 0 Å². The summed E-state index contributed by atoms with van der Waals surface area (Å²) in [6, 6.07) is 4.87. The third-order valence-electron chi connectivity index (χ3n) is 4.66. The molecule has 134 valence electrons. The van der Waals surface area contributed by atoms with Crippen LogP contribution < -0.4 is 9.80 Å². The molecule has 2 heterocycles. The molecule has 1 aromatic carbocycles. The van der Waals surface area contributed by atoms with Crippen molar-refractivity contribution in [2.24, 2.45) is 0 Å². The fourth-order valence-electron chi connectivity index (χ4n) is 3.35. The predicted octanol–water partition coefficient (Wildman–Crippen LogP) is -0.185. The zero-order chi connectivity index (χ0) is 18.0. The number of quaternary nitrogens is 1. The fourth-order valence-corrected chi connectivity index (χ4v) is 3.35. The first-order valence-corrected chi connectivity index (χ1v) is 8.40. The maximum atomic E-state index is 13.1. The fraction of sp³-hybridized carbons (Fsp3) is 0.471. The minimum atomic E-state index is -0.457. The summed E-state index contributed by atoms with van der Waals surface area (Å²) in [5.74, 6) is -0.960. The molecular weight excluding hydrogens is 329 g/mol. The van der Waals surface area contributed by atoms with Crippen molar-refractivity contribution in [2.45, 2.75) is 19.4 Å². The molecule has 0 radical (unpaired) electrons. The van der Waals surface area contributed by atoms with Gasteiger partial charge in [-0.25, -0.2) is 14.1 Å². The largest absolute Gasteiger partial charge is 0.450 e. The van der Waals surface area contributed by atoms with Crippen LogP contribution in [0.5, 0.6) is 0 Å². The Kier molecular flexibility index (Phi) is 4.98. The second-order valence-corrected chi connectivity index (χ2v) is 6.14. The van der Waals surface area contributed by atoms with E-state index < -0.39 is 11.9 Å². The Bertz CT molecular complexity index is 671. The molecule has 1 atom stereocenters. The Hall–Kier alpha value is -2.48. The Morgan fingerprint density at radius 1 is 1.24 bits per heavy atom. The van der Waals surface area contributed by atoms with Crippen molar-refractivity contribution in [2.75, 3.05) is 37.7 Å². The molecular formula is C17H21FN3O4+. The summed E-state index contributed by atoms with van der Waals surface area (Å²) in [5.41, 5.74) is 0.392. The van der Waals surface area contributed by atoms with Crippen molar-refractivity contribution in [3.63, 3.8) is 0 Å². The van der Waals surface area contributed by atoms with E-state index in [-0.39, 0.29) is 24.3 Å². The number of hydrogen-bond donors (Lipinski definition) is 1. The van der Waals surface area contributed by atoms with Gasteiger partial charge in [0.2, 0.25) is 5.91 Å². The summed E-state index contributed by atoms with van der Waals surface area (Å²) in [6.45, 7) is 4.23. The number of piperazine rings is 1. The topological polar surface area (TPSA) is 71.4 Å². The molecule has 7 nitrogen and oxygen atoms in total. The van der Waals surface area contributed by atoms with Crippen LogP contribution >= 0.6 is 0 Å². The van der Waals surface area contributed by atoms with Crippen molar-refractivity contribution in [3.8, 4) is 0 Å². The van der Waals surface area contributed by atoms with Crippen molar-refractivity contribution in [1.82, 2.24) is 4.90 Å². The maximum Gasteiger partial charge on any atom is 0.410 e. The van der Waals surface area contributed by atoms with Crippen LogP contribution in [0.4, 0.5) is 14.9 Å². The third kappa shape index (κ3) is 3.48. The minimum absolute atomic E-state index is 0.130. The number of halogens is 1. The molecule has 0 spiro atoms. The molecule has 0 bridgehead atoms. The number of imide groups is 1. The number of ether oxygens (including phenoxy) is 1. The SMILES string of the molecule is CCOC(=O)N1CC[NH+](C2CC(=O)N(c3ccc(F)cc3)C2=O)CC1. The van der Waals surface area contributed by atoms with E-state index in [1.165, 1.54) is 24.3 Å². The van der Waals surface area contributed by atoms with Crippen LogP contribution in [-0.2, 0) is 14.3 Å². The first-order valence-electron chi connectivity index (χ1n) is 8.40. The van der Waals surface area contributed by atoms with E-state index in [4.69, 9.17) is 4.74 Å². The van der Waals surface area contributed by atoms with Gasteiger partial charge in [-0.05, 0) is 31.2 Å². The van der Waals surface area contributed by atoms with Gasteiger partial charge in [0.1, 0.15) is 5.82 Å². The van der Waals surface area contributed by atoms with Gasteiger partial charge in [-0.3, -0.25) is 14.5 Å². The van der Waals surface area contributed by atoms with Crippen LogP contribution in [-0.4, -0.2) is 61.6 Å². The molecule has 8 heteroatoms. The smallest absolute Gasteiger partial charge is 0.410 e. The molecule has 3 rings (SSSR count).